The van der Waals surface area contributed by atoms with Crippen molar-refractivity contribution >= 4 is 12.4 Å². The average Bonchev–Trinajstić information content (AvgIpc) is 2.95. The van der Waals surface area contributed by atoms with Crippen molar-refractivity contribution in [1.82, 2.24) is 0 Å². The van der Waals surface area contributed by atoms with Crippen molar-refractivity contribution in [3.05, 3.63) is 70.3 Å². The molecule has 0 aliphatic carbocycles. The van der Waals surface area contributed by atoms with Crippen LogP contribution >= 0.6 is 12.4 Å². The average molecular weight is 560 g/mol. The Kier molecular flexibility index (Phi) is 19.5. The number of hydrogen-bond donors (Lipinski definition) is 3. The summed E-state index contributed by atoms with van der Waals surface area (Å²) in [6, 6.07) is 16.2. The number of hydrogen-bond acceptors (Lipinski definition) is 3. The topological polar surface area (TPSA) is 66.5 Å². The van der Waals surface area contributed by atoms with Crippen LogP contribution in [0.25, 0.3) is 0 Å². The minimum Gasteiger partial charge on any atom is -0.394 e. The molecule has 0 bridgehead atoms. The summed E-state index contributed by atoms with van der Waals surface area (Å²) in [5.41, 5.74) is 12.2. The molecule has 2 aromatic rings. The van der Waals surface area contributed by atoms with Crippen molar-refractivity contribution in [3.8, 4) is 0 Å². The van der Waals surface area contributed by atoms with Gasteiger partial charge in [-0.3, -0.25) is 0 Å². The maximum absolute atomic E-state index is 9.64. The summed E-state index contributed by atoms with van der Waals surface area (Å²) in [6.07, 6.45) is 21.7. The Morgan fingerprint density at radius 2 is 1.00 bits per heavy atom. The number of unbranched alkanes of at least 4 members (excludes halogenated alkanes) is 10. The zero-order chi connectivity index (χ0) is 27.5. The molecule has 2 aromatic carbocycles. The molecule has 0 heterocycles. The highest BCUT2D eigenvalue weighted by Gasteiger charge is 2.23. The Labute approximate surface area is 246 Å². The Morgan fingerprint density at radius 1 is 0.538 bits per heavy atom. The Bertz CT molecular complexity index is 863. The largest absolute Gasteiger partial charge is 0.394 e. The molecular weight excluding hydrogens is 502 g/mol. The molecule has 0 aromatic heterocycles. The van der Waals surface area contributed by atoms with Gasteiger partial charge in [-0.05, 0) is 79.2 Å². The van der Waals surface area contributed by atoms with E-state index in [0.29, 0.717) is 6.42 Å². The molecule has 0 unspecified atom stereocenters. The van der Waals surface area contributed by atoms with Gasteiger partial charge >= 0.3 is 0 Å². The lowest BCUT2D eigenvalue weighted by molar-refractivity contribution is 0.115. The molecule has 0 aliphatic heterocycles. The molecule has 0 spiro atoms. The van der Waals surface area contributed by atoms with Gasteiger partial charge in [-0.15, -0.1) is 12.4 Å². The van der Waals surface area contributed by atoms with Crippen molar-refractivity contribution < 1.29 is 10.2 Å². The number of nitrogens with two attached hydrogens (primary N) is 1. The zero-order valence-corrected chi connectivity index (χ0v) is 25.9. The summed E-state index contributed by atoms with van der Waals surface area (Å²) in [6.45, 7) is 4.15. The summed E-state index contributed by atoms with van der Waals surface area (Å²) >= 11 is 0. The molecule has 0 aliphatic rings. The van der Waals surface area contributed by atoms with Crippen molar-refractivity contribution in [2.45, 2.75) is 135 Å². The summed E-state index contributed by atoms with van der Waals surface area (Å²) in [4.78, 5) is 0. The van der Waals surface area contributed by atoms with E-state index in [0.717, 1.165) is 25.7 Å². The van der Waals surface area contributed by atoms with Gasteiger partial charge < -0.3 is 15.9 Å². The third kappa shape index (κ3) is 14.7. The third-order valence-corrected chi connectivity index (χ3v) is 8.14. The van der Waals surface area contributed by atoms with E-state index in [4.69, 9.17) is 5.73 Å². The van der Waals surface area contributed by atoms with E-state index in [1.807, 2.05) is 0 Å². The lowest BCUT2D eigenvalue weighted by Crippen LogP contribution is -2.47. The summed E-state index contributed by atoms with van der Waals surface area (Å²) in [5.74, 6) is 0. The minimum absolute atomic E-state index is 0. The van der Waals surface area contributed by atoms with E-state index in [-0.39, 0.29) is 25.6 Å². The molecule has 39 heavy (non-hydrogen) atoms. The summed E-state index contributed by atoms with van der Waals surface area (Å²) < 4.78 is 0. The van der Waals surface area contributed by atoms with Crippen LogP contribution < -0.4 is 5.73 Å². The lowest BCUT2D eigenvalue weighted by Gasteiger charge is -2.25. The van der Waals surface area contributed by atoms with E-state index >= 15 is 0 Å². The van der Waals surface area contributed by atoms with E-state index in [9.17, 15) is 10.2 Å². The maximum Gasteiger partial charge on any atom is 0.0633 e. The first-order valence-corrected chi connectivity index (χ1v) is 15.7. The molecule has 3 nitrogen and oxygen atoms in total. The van der Waals surface area contributed by atoms with E-state index in [2.05, 4.69) is 56.3 Å². The number of aliphatic hydroxyl groups excluding tert-OH is 2. The quantitative estimate of drug-likeness (QED) is 0.127. The first-order chi connectivity index (χ1) is 18.5. The molecule has 0 saturated heterocycles. The molecule has 0 amide bonds. The number of halogens is 1. The standard InChI is InChI=1S/C35H57NO2.ClH/c1-3-5-7-9-11-13-15-30-17-19-31(20-18-30)21-24-34-27-32(16-14-12-10-8-6-4-2)22-23-33(34)25-26-35(36,28-37)29-38;/h17-20,22-23,27,37-38H,3-16,21,24-26,28-29,36H2,1-2H3;1H. The normalized spacial score (nSPS) is 11.5. The second-order valence-corrected chi connectivity index (χ2v) is 11.6. The van der Waals surface area contributed by atoms with Gasteiger partial charge in [-0.1, -0.05) is 121 Å². The molecule has 0 fully saturated rings. The van der Waals surface area contributed by atoms with Crippen LogP contribution in [0, 0.1) is 0 Å². The highest BCUT2D eigenvalue weighted by molar-refractivity contribution is 5.85. The molecule has 0 atom stereocenters. The first-order valence-electron chi connectivity index (χ1n) is 15.7. The fourth-order valence-corrected chi connectivity index (χ4v) is 5.27. The van der Waals surface area contributed by atoms with Gasteiger partial charge in [0.05, 0.1) is 18.8 Å². The molecular formula is C35H58ClNO2. The highest BCUT2D eigenvalue weighted by Crippen LogP contribution is 2.21. The van der Waals surface area contributed by atoms with Crippen molar-refractivity contribution in [2.75, 3.05) is 13.2 Å². The van der Waals surface area contributed by atoms with Crippen LogP contribution in [-0.2, 0) is 32.1 Å². The predicted octanol–water partition coefficient (Wildman–Crippen LogP) is 8.31. The van der Waals surface area contributed by atoms with Gasteiger partial charge in [0.2, 0.25) is 0 Å². The van der Waals surface area contributed by atoms with Gasteiger partial charge in [0.25, 0.3) is 0 Å². The Hall–Kier alpha value is -1.39. The lowest BCUT2D eigenvalue weighted by atomic mass is 9.89. The smallest absolute Gasteiger partial charge is 0.0633 e. The van der Waals surface area contributed by atoms with Crippen molar-refractivity contribution in [3.63, 3.8) is 0 Å². The van der Waals surface area contributed by atoms with Gasteiger partial charge in [-0.2, -0.15) is 0 Å². The monoisotopic (exact) mass is 559 g/mol. The van der Waals surface area contributed by atoms with Crippen LogP contribution in [0.4, 0.5) is 0 Å². The second-order valence-electron chi connectivity index (χ2n) is 11.6. The van der Waals surface area contributed by atoms with Crippen LogP contribution in [-0.4, -0.2) is 29.0 Å². The fourth-order valence-electron chi connectivity index (χ4n) is 5.27. The van der Waals surface area contributed by atoms with Crippen molar-refractivity contribution in [1.29, 1.82) is 0 Å². The van der Waals surface area contributed by atoms with Crippen LogP contribution in [0.5, 0.6) is 0 Å². The molecule has 222 valence electrons. The van der Waals surface area contributed by atoms with Crippen LogP contribution in [0.1, 0.15) is 125 Å². The molecule has 0 radical (unpaired) electrons. The number of aliphatic hydroxyl groups is 2. The van der Waals surface area contributed by atoms with E-state index in [1.54, 1.807) is 0 Å². The molecule has 2 rings (SSSR count). The number of rotatable bonds is 22. The van der Waals surface area contributed by atoms with Gasteiger partial charge in [0, 0.05) is 0 Å². The predicted molar refractivity (Wildman–Crippen MR) is 171 cm³/mol. The second kappa shape index (κ2) is 21.4. The van der Waals surface area contributed by atoms with E-state index < -0.39 is 5.54 Å². The highest BCUT2D eigenvalue weighted by atomic mass is 35.5. The van der Waals surface area contributed by atoms with Crippen LogP contribution in [0.2, 0.25) is 0 Å². The third-order valence-electron chi connectivity index (χ3n) is 8.14. The van der Waals surface area contributed by atoms with Gasteiger partial charge in [0.15, 0.2) is 0 Å². The van der Waals surface area contributed by atoms with Gasteiger partial charge in [0.1, 0.15) is 0 Å². The number of aryl methyl sites for hydroxylation is 5. The summed E-state index contributed by atoms with van der Waals surface area (Å²) in [7, 11) is 0. The van der Waals surface area contributed by atoms with Crippen LogP contribution in [0.3, 0.4) is 0 Å². The SMILES string of the molecule is CCCCCCCCc1ccc(CCc2cc(CCCCCCCC)ccc2CCC(N)(CO)CO)cc1.Cl. The number of benzene rings is 2. The Morgan fingerprint density at radius 3 is 1.54 bits per heavy atom. The molecule has 4 heteroatoms. The van der Waals surface area contributed by atoms with Gasteiger partial charge in [-0.25, -0.2) is 0 Å². The maximum atomic E-state index is 9.64. The minimum atomic E-state index is -0.916. The van der Waals surface area contributed by atoms with E-state index in [1.165, 1.54) is 111 Å². The molecule has 0 saturated carbocycles. The summed E-state index contributed by atoms with van der Waals surface area (Å²) in [5, 5.41) is 19.3. The van der Waals surface area contributed by atoms with Crippen molar-refractivity contribution in [2.24, 2.45) is 5.73 Å². The molecule has 4 N–H and O–H groups in total. The Balaban J connectivity index is 0.00000760. The fraction of sp³-hybridized carbons (Fsp3) is 0.657. The first kappa shape index (κ1) is 35.6. The zero-order valence-electron chi connectivity index (χ0n) is 25.1. The van der Waals surface area contributed by atoms with Crippen LogP contribution in [0.15, 0.2) is 42.5 Å².